The number of hydrogen-bond acceptors (Lipinski definition) is 4. The summed E-state index contributed by atoms with van der Waals surface area (Å²) in [5.74, 6) is 1.46. The Balaban J connectivity index is 1.37. The van der Waals surface area contributed by atoms with E-state index >= 15 is 0 Å². The standard InChI is InChI=1S/C15H23N3O3/c19-15(16-10-13-3-9-20-12-13)18-6-4-17(5-7-18)11-14-2-1-8-21-14/h1-2,8,13H,3-7,9-12H2,(H,16,19). The van der Waals surface area contributed by atoms with Crippen molar-refractivity contribution in [2.75, 3.05) is 45.9 Å². The van der Waals surface area contributed by atoms with E-state index in [9.17, 15) is 4.79 Å². The first-order valence-electron chi connectivity index (χ1n) is 7.66. The summed E-state index contributed by atoms with van der Waals surface area (Å²) in [5.41, 5.74) is 0. The first kappa shape index (κ1) is 14.4. The van der Waals surface area contributed by atoms with Gasteiger partial charge in [-0.25, -0.2) is 4.79 Å². The lowest BCUT2D eigenvalue weighted by Gasteiger charge is -2.34. The Kier molecular flexibility index (Phi) is 4.77. The van der Waals surface area contributed by atoms with E-state index in [4.69, 9.17) is 9.15 Å². The summed E-state index contributed by atoms with van der Waals surface area (Å²) >= 11 is 0. The lowest BCUT2D eigenvalue weighted by atomic mass is 10.1. The normalized spacial score (nSPS) is 23.4. The molecule has 6 nitrogen and oxygen atoms in total. The fourth-order valence-electron chi connectivity index (χ4n) is 2.82. The molecule has 0 radical (unpaired) electrons. The third-order valence-corrected chi connectivity index (χ3v) is 4.19. The first-order chi connectivity index (χ1) is 10.3. The minimum atomic E-state index is 0.0551. The molecule has 116 valence electrons. The summed E-state index contributed by atoms with van der Waals surface area (Å²) in [6, 6.07) is 3.95. The number of ether oxygens (including phenoxy) is 1. The van der Waals surface area contributed by atoms with Crippen LogP contribution in [0.4, 0.5) is 4.79 Å². The quantitative estimate of drug-likeness (QED) is 0.904. The number of nitrogens with one attached hydrogen (secondary N) is 1. The number of amides is 2. The van der Waals surface area contributed by atoms with Crippen molar-refractivity contribution in [1.82, 2.24) is 15.1 Å². The molecule has 2 aliphatic rings. The molecule has 0 saturated carbocycles. The van der Waals surface area contributed by atoms with Crippen molar-refractivity contribution < 1.29 is 13.9 Å². The molecule has 0 aromatic carbocycles. The van der Waals surface area contributed by atoms with Crippen LogP contribution in [0.25, 0.3) is 0 Å². The summed E-state index contributed by atoms with van der Waals surface area (Å²) in [4.78, 5) is 16.3. The molecule has 2 amide bonds. The zero-order valence-electron chi connectivity index (χ0n) is 12.3. The Hall–Kier alpha value is -1.53. The maximum Gasteiger partial charge on any atom is 0.317 e. The largest absolute Gasteiger partial charge is 0.468 e. The lowest BCUT2D eigenvalue weighted by molar-refractivity contribution is 0.129. The Morgan fingerprint density at radius 1 is 1.33 bits per heavy atom. The fourth-order valence-corrected chi connectivity index (χ4v) is 2.82. The lowest BCUT2D eigenvalue weighted by Crippen LogP contribution is -2.52. The monoisotopic (exact) mass is 293 g/mol. The molecule has 1 aromatic heterocycles. The van der Waals surface area contributed by atoms with Crippen molar-refractivity contribution in [3.05, 3.63) is 24.2 Å². The van der Waals surface area contributed by atoms with Gasteiger partial charge in [0.25, 0.3) is 0 Å². The minimum absolute atomic E-state index is 0.0551. The van der Waals surface area contributed by atoms with Crippen LogP contribution in [0.1, 0.15) is 12.2 Å². The molecule has 2 saturated heterocycles. The van der Waals surface area contributed by atoms with E-state index in [-0.39, 0.29) is 6.03 Å². The third kappa shape index (κ3) is 3.98. The van der Waals surface area contributed by atoms with E-state index < -0.39 is 0 Å². The zero-order valence-corrected chi connectivity index (χ0v) is 12.3. The molecule has 1 aromatic rings. The highest BCUT2D eigenvalue weighted by Gasteiger charge is 2.23. The van der Waals surface area contributed by atoms with E-state index in [0.29, 0.717) is 5.92 Å². The van der Waals surface area contributed by atoms with Gasteiger partial charge in [0, 0.05) is 45.2 Å². The molecule has 1 unspecified atom stereocenters. The van der Waals surface area contributed by atoms with E-state index in [1.54, 1.807) is 6.26 Å². The van der Waals surface area contributed by atoms with Crippen molar-refractivity contribution in [3.8, 4) is 0 Å². The summed E-state index contributed by atoms with van der Waals surface area (Å²) < 4.78 is 10.7. The molecule has 21 heavy (non-hydrogen) atoms. The van der Waals surface area contributed by atoms with Crippen molar-refractivity contribution in [2.45, 2.75) is 13.0 Å². The maximum atomic E-state index is 12.1. The van der Waals surface area contributed by atoms with Crippen LogP contribution in [-0.4, -0.2) is 61.8 Å². The molecule has 3 rings (SSSR count). The molecule has 2 fully saturated rings. The molecule has 0 bridgehead atoms. The Morgan fingerprint density at radius 2 is 2.19 bits per heavy atom. The first-order valence-corrected chi connectivity index (χ1v) is 7.66. The Labute approximate surface area is 125 Å². The maximum absolute atomic E-state index is 12.1. The second-order valence-corrected chi connectivity index (χ2v) is 5.76. The van der Waals surface area contributed by atoms with Gasteiger partial charge < -0.3 is 19.4 Å². The third-order valence-electron chi connectivity index (χ3n) is 4.19. The van der Waals surface area contributed by atoms with Crippen LogP contribution in [0.15, 0.2) is 22.8 Å². The Bertz CT molecular complexity index is 435. The van der Waals surface area contributed by atoms with Gasteiger partial charge in [-0.15, -0.1) is 0 Å². The van der Waals surface area contributed by atoms with Crippen LogP contribution >= 0.6 is 0 Å². The average Bonchev–Trinajstić information content (AvgIpc) is 3.19. The van der Waals surface area contributed by atoms with Crippen molar-refractivity contribution in [1.29, 1.82) is 0 Å². The van der Waals surface area contributed by atoms with E-state index in [1.165, 1.54) is 0 Å². The van der Waals surface area contributed by atoms with E-state index in [1.807, 2.05) is 17.0 Å². The van der Waals surface area contributed by atoms with Crippen molar-refractivity contribution in [2.24, 2.45) is 5.92 Å². The van der Waals surface area contributed by atoms with Crippen LogP contribution in [0.3, 0.4) is 0 Å². The zero-order chi connectivity index (χ0) is 14.5. The number of rotatable bonds is 4. The van der Waals surface area contributed by atoms with Gasteiger partial charge in [-0.2, -0.15) is 0 Å². The summed E-state index contributed by atoms with van der Waals surface area (Å²) in [7, 11) is 0. The second kappa shape index (κ2) is 6.95. The fraction of sp³-hybridized carbons (Fsp3) is 0.667. The molecule has 3 heterocycles. The SMILES string of the molecule is O=C(NCC1CCOC1)N1CCN(Cc2ccco2)CC1. The van der Waals surface area contributed by atoms with Gasteiger partial charge in [-0.1, -0.05) is 0 Å². The van der Waals surface area contributed by atoms with Gasteiger partial charge >= 0.3 is 6.03 Å². The molecule has 1 N–H and O–H groups in total. The van der Waals surface area contributed by atoms with Crippen LogP contribution in [0.2, 0.25) is 0 Å². The molecule has 1 atom stereocenters. The predicted molar refractivity (Wildman–Crippen MR) is 77.9 cm³/mol. The van der Waals surface area contributed by atoms with E-state index in [2.05, 4.69) is 10.2 Å². The second-order valence-electron chi connectivity index (χ2n) is 5.76. The van der Waals surface area contributed by atoms with Gasteiger partial charge in [0.05, 0.1) is 19.4 Å². The number of nitrogens with zero attached hydrogens (tertiary/aromatic N) is 2. The highest BCUT2D eigenvalue weighted by molar-refractivity contribution is 5.74. The van der Waals surface area contributed by atoms with Crippen LogP contribution in [0.5, 0.6) is 0 Å². The number of carbonyl (C=O) groups excluding carboxylic acids is 1. The van der Waals surface area contributed by atoms with Crippen molar-refractivity contribution >= 4 is 6.03 Å². The molecule has 2 aliphatic heterocycles. The number of carbonyl (C=O) groups is 1. The van der Waals surface area contributed by atoms with Crippen LogP contribution in [-0.2, 0) is 11.3 Å². The molecule has 6 heteroatoms. The summed E-state index contributed by atoms with van der Waals surface area (Å²) in [5, 5.41) is 3.02. The highest BCUT2D eigenvalue weighted by Crippen LogP contribution is 2.12. The topological polar surface area (TPSA) is 58.0 Å². The number of piperazine rings is 1. The van der Waals surface area contributed by atoms with E-state index in [0.717, 1.165) is 64.7 Å². The minimum Gasteiger partial charge on any atom is -0.468 e. The molecular formula is C15H23N3O3. The smallest absolute Gasteiger partial charge is 0.317 e. The molecule has 0 aliphatic carbocycles. The van der Waals surface area contributed by atoms with Gasteiger partial charge in [-0.3, -0.25) is 4.90 Å². The summed E-state index contributed by atoms with van der Waals surface area (Å²) in [6.07, 6.45) is 2.75. The highest BCUT2D eigenvalue weighted by atomic mass is 16.5. The van der Waals surface area contributed by atoms with Gasteiger partial charge in [0.1, 0.15) is 5.76 Å². The van der Waals surface area contributed by atoms with Gasteiger partial charge in [0.15, 0.2) is 0 Å². The number of urea groups is 1. The van der Waals surface area contributed by atoms with Crippen LogP contribution < -0.4 is 5.32 Å². The van der Waals surface area contributed by atoms with Crippen LogP contribution in [0, 0.1) is 5.92 Å². The number of hydrogen-bond donors (Lipinski definition) is 1. The molecular weight excluding hydrogens is 270 g/mol. The van der Waals surface area contributed by atoms with Gasteiger partial charge in [0.2, 0.25) is 0 Å². The Morgan fingerprint density at radius 3 is 2.86 bits per heavy atom. The number of furan rings is 1. The van der Waals surface area contributed by atoms with Gasteiger partial charge in [-0.05, 0) is 18.6 Å². The summed E-state index contributed by atoms with van der Waals surface area (Å²) in [6.45, 7) is 6.47. The molecule has 0 spiro atoms. The average molecular weight is 293 g/mol. The predicted octanol–water partition coefficient (Wildman–Crippen LogP) is 1.14. The van der Waals surface area contributed by atoms with Crippen molar-refractivity contribution in [3.63, 3.8) is 0 Å².